The molecule has 0 bridgehead atoms. The van der Waals surface area contributed by atoms with E-state index in [-0.39, 0.29) is 11.9 Å². The maximum atomic E-state index is 11.6. The third kappa shape index (κ3) is 3.77. The van der Waals surface area contributed by atoms with Gasteiger partial charge in [0.15, 0.2) is 0 Å². The van der Waals surface area contributed by atoms with E-state index in [1.54, 1.807) is 21.0 Å². The van der Waals surface area contributed by atoms with Crippen LogP contribution < -0.4 is 5.32 Å². The van der Waals surface area contributed by atoms with E-state index in [1.165, 1.54) is 0 Å². The molecule has 0 saturated heterocycles. The van der Waals surface area contributed by atoms with Crippen LogP contribution in [0.25, 0.3) is 0 Å². The van der Waals surface area contributed by atoms with Crippen LogP contribution in [0.3, 0.4) is 0 Å². The van der Waals surface area contributed by atoms with E-state index < -0.39 is 5.60 Å². The van der Waals surface area contributed by atoms with E-state index in [9.17, 15) is 4.79 Å². The van der Waals surface area contributed by atoms with Gasteiger partial charge in [0.25, 0.3) is 5.91 Å². The van der Waals surface area contributed by atoms with Gasteiger partial charge in [-0.05, 0) is 26.7 Å². The van der Waals surface area contributed by atoms with Gasteiger partial charge in [-0.3, -0.25) is 4.79 Å². The number of hydrogen-bond donors (Lipinski definition) is 1. The van der Waals surface area contributed by atoms with Crippen molar-refractivity contribution in [2.75, 3.05) is 7.11 Å². The Balaban J connectivity index is 4.15. The van der Waals surface area contributed by atoms with Gasteiger partial charge >= 0.3 is 0 Å². The minimum absolute atomic E-state index is 0.0591. The molecule has 0 heterocycles. The van der Waals surface area contributed by atoms with E-state index in [2.05, 4.69) is 19.2 Å². The Bertz CT molecular complexity index is 176. The first-order chi connectivity index (χ1) is 5.81. The maximum absolute atomic E-state index is 11.6. The van der Waals surface area contributed by atoms with Gasteiger partial charge in [-0.15, -0.1) is 0 Å². The molecule has 3 nitrogen and oxygen atoms in total. The molecule has 3 heteroatoms. The van der Waals surface area contributed by atoms with Crippen LogP contribution in [-0.2, 0) is 9.53 Å². The zero-order valence-corrected chi connectivity index (χ0v) is 9.47. The second-order valence-electron chi connectivity index (χ2n) is 4.22. The topological polar surface area (TPSA) is 38.3 Å². The average molecular weight is 187 g/mol. The molecule has 0 aromatic rings. The van der Waals surface area contributed by atoms with Crippen molar-refractivity contribution >= 4 is 5.91 Å². The standard InChI is InChI=1S/C10H21NO2/c1-7(2)8(3)11-9(12)10(4,5)13-6/h7-8H,1-6H3,(H,11,12)/t8-/m1/s1. The van der Waals surface area contributed by atoms with E-state index in [0.717, 1.165) is 0 Å². The molecule has 0 fully saturated rings. The van der Waals surface area contributed by atoms with Gasteiger partial charge in [-0.1, -0.05) is 13.8 Å². The van der Waals surface area contributed by atoms with Gasteiger partial charge in [0, 0.05) is 13.2 Å². The van der Waals surface area contributed by atoms with Crippen molar-refractivity contribution in [1.29, 1.82) is 0 Å². The molecule has 0 radical (unpaired) electrons. The number of ether oxygens (including phenoxy) is 1. The van der Waals surface area contributed by atoms with Crippen molar-refractivity contribution in [2.24, 2.45) is 5.92 Å². The lowest BCUT2D eigenvalue weighted by Crippen LogP contribution is -2.48. The summed E-state index contributed by atoms with van der Waals surface area (Å²) in [6.45, 7) is 9.66. The van der Waals surface area contributed by atoms with Crippen LogP contribution >= 0.6 is 0 Å². The average Bonchev–Trinajstić information content (AvgIpc) is 2.04. The lowest BCUT2D eigenvalue weighted by Gasteiger charge is -2.26. The molecule has 1 atom stereocenters. The minimum Gasteiger partial charge on any atom is -0.369 e. The van der Waals surface area contributed by atoms with Crippen molar-refractivity contribution in [3.05, 3.63) is 0 Å². The monoisotopic (exact) mass is 187 g/mol. The predicted molar refractivity (Wildman–Crippen MR) is 53.5 cm³/mol. The number of nitrogens with one attached hydrogen (secondary N) is 1. The van der Waals surface area contributed by atoms with Gasteiger partial charge in [0.2, 0.25) is 0 Å². The van der Waals surface area contributed by atoms with Crippen molar-refractivity contribution < 1.29 is 9.53 Å². The van der Waals surface area contributed by atoms with Crippen LogP contribution in [0.4, 0.5) is 0 Å². The number of methoxy groups -OCH3 is 1. The summed E-state index contributed by atoms with van der Waals surface area (Å²) < 4.78 is 5.07. The Kier molecular flexibility index (Phi) is 4.40. The fraction of sp³-hybridized carbons (Fsp3) is 0.900. The van der Waals surface area contributed by atoms with E-state index in [4.69, 9.17) is 4.74 Å². The number of amides is 1. The van der Waals surface area contributed by atoms with Crippen molar-refractivity contribution in [3.8, 4) is 0 Å². The second-order valence-corrected chi connectivity index (χ2v) is 4.22. The number of carbonyl (C=O) groups is 1. The van der Waals surface area contributed by atoms with Crippen LogP contribution in [0.1, 0.15) is 34.6 Å². The molecule has 0 aromatic carbocycles. The van der Waals surface area contributed by atoms with Gasteiger partial charge in [0.05, 0.1) is 0 Å². The fourth-order valence-electron chi connectivity index (χ4n) is 0.640. The van der Waals surface area contributed by atoms with Gasteiger partial charge in [-0.25, -0.2) is 0 Å². The molecule has 0 aliphatic rings. The number of carbonyl (C=O) groups excluding carboxylic acids is 1. The molecular weight excluding hydrogens is 166 g/mol. The summed E-state index contributed by atoms with van der Waals surface area (Å²) in [6, 6.07) is 0.182. The largest absolute Gasteiger partial charge is 0.369 e. The molecule has 13 heavy (non-hydrogen) atoms. The highest BCUT2D eigenvalue weighted by Crippen LogP contribution is 2.09. The summed E-state index contributed by atoms with van der Waals surface area (Å²) in [4.78, 5) is 11.6. The zero-order chi connectivity index (χ0) is 10.6. The van der Waals surface area contributed by atoms with Crippen LogP contribution in [0, 0.1) is 5.92 Å². The molecule has 0 aliphatic carbocycles. The Labute approximate surface area is 80.8 Å². The van der Waals surface area contributed by atoms with Crippen LogP contribution in [0.2, 0.25) is 0 Å². The van der Waals surface area contributed by atoms with Crippen molar-refractivity contribution in [3.63, 3.8) is 0 Å². The summed E-state index contributed by atoms with van der Waals surface area (Å²) >= 11 is 0. The summed E-state index contributed by atoms with van der Waals surface area (Å²) in [5, 5.41) is 2.91. The maximum Gasteiger partial charge on any atom is 0.251 e. The predicted octanol–water partition coefficient (Wildman–Crippen LogP) is 1.57. The van der Waals surface area contributed by atoms with Crippen molar-refractivity contribution in [1.82, 2.24) is 5.32 Å². The van der Waals surface area contributed by atoms with E-state index in [1.807, 2.05) is 6.92 Å². The normalized spacial score (nSPS) is 14.4. The van der Waals surface area contributed by atoms with E-state index in [0.29, 0.717) is 5.92 Å². The first-order valence-corrected chi connectivity index (χ1v) is 4.67. The SMILES string of the molecule is COC(C)(C)C(=O)N[C@H](C)C(C)C. The third-order valence-corrected chi connectivity index (χ3v) is 2.42. The molecule has 1 N–H and O–H groups in total. The van der Waals surface area contributed by atoms with Gasteiger partial charge in [0.1, 0.15) is 5.60 Å². The summed E-state index contributed by atoms with van der Waals surface area (Å²) in [7, 11) is 1.54. The number of hydrogen-bond acceptors (Lipinski definition) is 2. The number of rotatable bonds is 4. The Hall–Kier alpha value is -0.570. The first-order valence-electron chi connectivity index (χ1n) is 4.67. The summed E-state index contributed by atoms with van der Waals surface area (Å²) in [5.41, 5.74) is -0.733. The summed E-state index contributed by atoms with van der Waals surface area (Å²) in [5.74, 6) is 0.382. The lowest BCUT2D eigenvalue weighted by atomic mass is 10.0. The van der Waals surface area contributed by atoms with Crippen LogP contribution in [0.15, 0.2) is 0 Å². The Morgan fingerprint density at radius 3 is 2.08 bits per heavy atom. The van der Waals surface area contributed by atoms with Crippen LogP contribution in [0.5, 0.6) is 0 Å². The molecule has 0 saturated carbocycles. The Morgan fingerprint density at radius 1 is 1.31 bits per heavy atom. The molecular formula is C10H21NO2. The van der Waals surface area contributed by atoms with Crippen LogP contribution in [-0.4, -0.2) is 24.7 Å². The summed E-state index contributed by atoms with van der Waals surface area (Å²) in [6.07, 6.45) is 0. The highest BCUT2D eigenvalue weighted by Gasteiger charge is 2.28. The van der Waals surface area contributed by atoms with Crippen molar-refractivity contribution in [2.45, 2.75) is 46.3 Å². The lowest BCUT2D eigenvalue weighted by molar-refractivity contribution is -0.140. The third-order valence-electron chi connectivity index (χ3n) is 2.42. The fourth-order valence-corrected chi connectivity index (χ4v) is 0.640. The molecule has 1 amide bonds. The molecule has 0 aliphatic heterocycles. The smallest absolute Gasteiger partial charge is 0.251 e. The zero-order valence-electron chi connectivity index (χ0n) is 9.47. The highest BCUT2D eigenvalue weighted by molar-refractivity contribution is 5.84. The van der Waals surface area contributed by atoms with Gasteiger partial charge < -0.3 is 10.1 Å². The quantitative estimate of drug-likeness (QED) is 0.725. The van der Waals surface area contributed by atoms with E-state index >= 15 is 0 Å². The highest BCUT2D eigenvalue weighted by atomic mass is 16.5. The molecule has 0 spiro atoms. The van der Waals surface area contributed by atoms with Gasteiger partial charge in [-0.2, -0.15) is 0 Å². The molecule has 78 valence electrons. The molecule has 0 rings (SSSR count). The minimum atomic E-state index is -0.733. The molecule has 0 unspecified atom stereocenters. The Morgan fingerprint density at radius 2 is 1.77 bits per heavy atom. The second kappa shape index (κ2) is 4.61. The first kappa shape index (κ1) is 12.4. The molecule has 0 aromatic heterocycles.